The Bertz CT molecular complexity index is 1590. The van der Waals surface area contributed by atoms with E-state index in [2.05, 4.69) is 5.32 Å². The molecule has 0 aliphatic rings. The molecule has 1 N–H and O–H groups in total. The van der Waals surface area contributed by atoms with Gasteiger partial charge in [-0.1, -0.05) is 40.9 Å². The van der Waals surface area contributed by atoms with Crippen LogP contribution in [0.15, 0.2) is 59.5 Å². The molecule has 0 saturated heterocycles. The predicted octanol–water partition coefficient (Wildman–Crippen LogP) is 5.42. The molecule has 0 aromatic heterocycles. The SMILES string of the molecule is CCNC(=O)[C@H](C)N(Cc1ccc(Cl)cc1Cl)C(=O)CN(c1cc(Cl)ccc1OC)S(=O)(=O)c1ccc(OC)c(OC)c1. The number of anilines is 1. The van der Waals surface area contributed by atoms with E-state index >= 15 is 0 Å². The van der Waals surface area contributed by atoms with Crippen LogP contribution in [0.1, 0.15) is 19.4 Å². The fourth-order valence-corrected chi connectivity index (χ4v) is 6.28. The smallest absolute Gasteiger partial charge is 0.265 e. The van der Waals surface area contributed by atoms with E-state index in [9.17, 15) is 18.0 Å². The largest absolute Gasteiger partial charge is 0.495 e. The highest BCUT2D eigenvalue weighted by Gasteiger charge is 2.34. The third-order valence-electron chi connectivity index (χ3n) is 6.51. The first-order chi connectivity index (χ1) is 20.4. The van der Waals surface area contributed by atoms with Gasteiger partial charge in [0.15, 0.2) is 11.5 Å². The minimum Gasteiger partial charge on any atom is -0.495 e. The molecule has 43 heavy (non-hydrogen) atoms. The van der Waals surface area contributed by atoms with Gasteiger partial charge in [-0.15, -0.1) is 0 Å². The zero-order chi connectivity index (χ0) is 31.9. The fourth-order valence-electron chi connectivity index (χ4n) is 4.21. The second kappa shape index (κ2) is 14.9. The van der Waals surface area contributed by atoms with E-state index in [1.807, 2.05) is 0 Å². The maximum atomic E-state index is 14.2. The Morgan fingerprint density at radius 1 is 0.860 bits per heavy atom. The van der Waals surface area contributed by atoms with Crippen molar-refractivity contribution in [2.75, 3.05) is 38.7 Å². The summed E-state index contributed by atoms with van der Waals surface area (Å²) in [5, 5.41) is 3.57. The van der Waals surface area contributed by atoms with Gasteiger partial charge < -0.3 is 24.4 Å². The molecule has 0 spiro atoms. The maximum Gasteiger partial charge on any atom is 0.265 e. The van der Waals surface area contributed by atoms with Crippen molar-refractivity contribution < 1.29 is 32.2 Å². The lowest BCUT2D eigenvalue weighted by Gasteiger charge is -2.32. The molecule has 0 saturated carbocycles. The molecule has 0 radical (unpaired) electrons. The minimum atomic E-state index is -4.46. The Morgan fingerprint density at radius 2 is 1.47 bits per heavy atom. The number of rotatable bonds is 13. The molecule has 3 rings (SSSR count). The zero-order valence-electron chi connectivity index (χ0n) is 24.2. The standard InChI is InChI=1S/C29H32Cl3N3O7S/c1-6-33-29(37)18(2)34(16-19-7-8-20(30)13-23(19)32)28(36)17-35(24-14-21(31)9-11-25(24)40-3)43(38,39)22-10-12-26(41-4)27(15-22)42-5/h7-15,18H,6,16-17H2,1-5H3,(H,33,37)/t18-/m0/s1. The van der Waals surface area contributed by atoms with E-state index in [4.69, 9.17) is 49.0 Å². The first kappa shape index (κ1) is 34.1. The first-order valence-corrected chi connectivity index (χ1v) is 15.5. The van der Waals surface area contributed by atoms with E-state index < -0.39 is 34.4 Å². The highest BCUT2D eigenvalue weighted by atomic mass is 35.5. The lowest BCUT2D eigenvalue weighted by Crippen LogP contribution is -2.51. The summed E-state index contributed by atoms with van der Waals surface area (Å²) in [7, 11) is -0.307. The second-order valence-corrected chi connectivity index (χ2v) is 12.3. The molecule has 1 atom stereocenters. The molecular formula is C29H32Cl3N3O7S. The number of likely N-dealkylation sites (N-methyl/N-ethyl adjacent to an activating group) is 1. The van der Waals surface area contributed by atoms with E-state index in [1.165, 1.54) is 68.7 Å². The summed E-state index contributed by atoms with van der Waals surface area (Å²) in [6.45, 7) is 2.79. The van der Waals surface area contributed by atoms with E-state index in [0.717, 1.165) is 4.31 Å². The van der Waals surface area contributed by atoms with Crippen LogP contribution in [0.3, 0.4) is 0 Å². The topological polar surface area (TPSA) is 114 Å². The Morgan fingerprint density at radius 3 is 2.07 bits per heavy atom. The lowest BCUT2D eigenvalue weighted by molar-refractivity contribution is -0.139. The number of carbonyl (C=O) groups excluding carboxylic acids is 2. The second-order valence-electron chi connectivity index (χ2n) is 9.17. The molecular weight excluding hydrogens is 641 g/mol. The number of nitrogens with zero attached hydrogens (tertiary/aromatic N) is 2. The number of hydrogen-bond acceptors (Lipinski definition) is 7. The average molecular weight is 673 g/mol. The van der Waals surface area contributed by atoms with Crippen LogP contribution in [0, 0.1) is 0 Å². The third-order valence-corrected chi connectivity index (χ3v) is 9.08. The van der Waals surface area contributed by atoms with E-state index in [0.29, 0.717) is 22.9 Å². The zero-order valence-corrected chi connectivity index (χ0v) is 27.3. The van der Waals surface area contributed by atoms with Crippen LogP contribution >= 0.6 is 34.8 Å². The predicted molar refractivity (Wildman–Crippen MR) is 167 cm³/mol. The Kier molecular flexibility index (Phi) is 11.8. The molecule has 14 heteroatoms. The number of amides is 2. The van der Waals surface area contributed by atoms with Crippen molar-refractivity contribution >= 4 is 62.3 Å². The lowest BCUT2D eigenvalue weighted by atomic mass is 10.1. The van der Waals surface area contributed by atoms with E-state index in [1.54, 1.807) is 26.0 Å². The number of nitrogens with one attached hydrogen (secondary N) is 1. The monoisotopic (exact) mass is 671 g/mol. The van der Waals surface area contributed by atoms with Crippen LogP contribution in [-0.4, -0.2) is 65.6 Å². The number of carbonyl (C=O) groups is 2. The molecule has 3 aromatic carbocycles. The van der Waals surface area contributed by atoms with Gasteiger partial charge in [0.1, 0.15) is 18.3 Å². The fraction of sp³-hybridized carbons (Fsp3) is 0.310. The van der Waals surface area contributed by atoms with Gasteiger partial charge in [-0.3, -0.25) is 13.9 Å². The number of sulfonamides is 1. The molecule has 0 aliphatic heterocycles. The summed E-state index contributed by atoms with van der Waals surface area (Å²) in [5.41, 5.74) is 0.512. The van der Waals surface area contributed by atoms with Crippen molar-refractivity contribution in [3.05, 3.63) is 75.2 Å². The Balaban J connectivity index is 2.17. The molecule has 0 fully saturated rings. The molecule has 3 aromatic rings. The van der Waals surface area contributed by atoms with Crippen LogP contribution < -0.4 is 23.8 Å². The van der Waals surface area contributed by atoms with Crippen molar-refractivity contribution in [2.45, 2.75) is 31.3 Å². The molecule has 232 valence electrons. The number of ether oxygens (including phenoxy) is 3. The number of benzene rings is 3. The number of methoxy groups -OCH3 is 3. The van der Waals surface area contributed by atoms with Gasteiger partial charge in [-0.05, 0) is 61.9 Å². The van der Waals surface area contributed by atoms with Crippen molar-refractivity contribution in [3.8, 4) is 17.2 Å². The van der Waals surface area contributed by atoms with Gasteiger partial charge in [0.25, 0.3) is 10.0 Å². The van der Waals surface area contributed by atoms with Gasteiger partial charge in [0, 0.05) is 34.2 Å². The van der Waals surface area contributed by atoms with Crippen LogP contribution in [0.5, 0.6) is 17.2 Å². The van der Waals surface area contributed by atoms with E-state index in [-0.39, 0.29) is 38.7 Å². The maximum absolute atomic E-state index is 14.2. The summed E-state index contributed by atoms with van der Waals surface area (Å²) >= 11 is 18.7. The highest BCUT2D eigenvalue weighted by molar-refractivity contribution is 7.92. The summed E-state index contributed by atoms with van der Waals surface area (Å²) in [6, 6.07) is 12.2. The van der Waals surface area contributed by atoms with Crippen LogP contribution in [0.25, 0.3) is 0 Å². The van der Waals surface area contributed by atoms with Gasteiger partial charge >= 0.3 is 0 Å². The van der Waals surface area contributed by atoms with Crippen molar-refractivity contribution in [3.63, 3.8) is 0 Å². The quantitative estimate of drug-likeness (QED) is 0.258. The Labute approximate surface area is 266 Å². The third kappa shape index (κ3) is 7.97. The summed E-state index contributed by atoms with van der Waals surface area (Å²) in [6.07, 6.45) is 0. The van der Waals surface area contributed by atoms with Gasteiger partial charge in [-0.25, -0.2) is 8.42 Å². The van der Waals surface area contributed by atoms with Crippen LogP contribution in [0.2, 0.25) is 15.1 Å². The molecule has 0 heterocycles. The van der Waals surface area contributed by atoms with Gasteiger partial charge in [0.2, 0.25) is 11.8 Å². The van der Waals surface area contributed by atoms with Gasteiger partial charge in [0.05, 0.1) is 31.9 Å². The van der Waals surface area contributed by atoms with Crippen molar-refractivity contribution in [2.24, 2.45) is 0 Å². The van der Waals surface area contributed by atoms with Crippen molar-refractivity contribution in [1.29, 1.82) is 0 Å². The highest BCUT2D eigenvalue weighted by Crippen LogP contribution is 2.37. The molecule has 0 aliphatic carbocycles. The average Bonchev–Trinajstić information content (AvgIpc) is 2.98. The molecule has 0 bridgehead atoms. The van der Waals surface area contributed by atoms with Crippen LogP contribution in [-0.2, 0) is 26.2 Å². The normalized spacial score (nSPS) is 11.8. The van der Waals surface area contributed by atoms with Crippen LogP contribution in [0.4, 0.5) is 5.69 Å². The summed E-state index contributed by atoms with van der Waals surface area (Å²) in [4.78, 5) is 28.1. The van der Waals surface area contributed by atoms with Crippen molar-refractivity contribution in [1.82, 2.24) is 10.2 Å². The number of hydrogen-bond donors (Lipinski definition) is 1. The molecule has 10 nitrogen and oxygen atoms in total. The van der Waals surface area contributed by atoms with Gasteiger partial charge in [-0.2, -0.15) is 0 Å². The first-order valence-electron chi connectivity index (χ1n) is 13.0. The number of halogens is 3. The minimum absolute atomic E-state index is 0.00766. The molecule has 0 unspecified atom stereocenters. The molecule has 2 amide bonds. The summed E-state index contributed by atoms with van der Waals surface area (Å²) in [5.74, 6) is -0.514. The Hall–Kier alpha value is -3.38. The summed E-state index contributed by atoms with van der Waals surface area (Å²) < 4.78 is 45.4.